The number of hydrogen-bond donors (Lipinski definition) is 8. The Labute approximate surface area is 357 Å². The maximum Gasteiger partial charge on any atom is 0.317 e. The van der Waals surface area contributed by atoms with E-state index in [1.54, 1.807) is 6.92 Å². The number of carbonyl (C=O) groups excluding carboxylic acids is 1. The number of hydrogen-bond acceptors (Lipinski definition) is 15. The summed E-state index contributed by atoms with van der Waals surface area (Å²) in [6.07, 6.45) is -6.06. The molecule has 4 saturated carbocycles. The van der Waals surface area contributed by atoms with E-state index < -0.39 is 110 Å². The minimum absolute atomic E-state index is 0.00846. The van der Waals surface area contributed by atoms with Gasteiger partial charge in [0.05, 0.1) is 37.1 Å². The summed E-state index contributed by atoms with van der Waals surface area (Å²) in [6, 6.07) is 0. The van der Waals surface area contributed by atoms with E-state index in [2.05, 4.69) is 46.8 Å². The molecule has 8 aliphatic rings. The number of fused-ring (bicyclic) bond motifs is 4. The van der Waals surface area contributed by atoms with Crippen molar-refractivity contribution in [2.24, 2.45) is 50.2 Å². The molecule has 4 unspecified atom stereocenters. The molecule has 7 fully saturated rings. The molecule has 346 valence electrons. The molecule has 0 aromatic carbocycles. The number of aliphatic hydroxyl groups is 7. The largest absolute Gasteiger partial charge is 0.481 e. The zero-order valence-corrected chi connectivity index (χ0v) is 36.6. The second-order valence-electron chi connectivity index (χ2n) is 22.0. The molecule has 61 heavy (non-hydrogen) atoms. The van der Waals surface area contributed by atoms with Crippen molar-refractivity contribution in [2.75, 3.05) is 19.8 Å². The van der Waals surface area contributed by atoms with Gasteiger partial charge in [-0.25, -0.2) is 0 Å². The number of aliphatic hydroxyl groups excluding tert-OH is 7. The van der Waals surface area contributed by atoms with Gasteiger partial charge in [-0.3, -0.25) is 9.59 Å². The molecule has 0 radical (unpaired) electrons. The lowest BCUT2D eigenvalue weighted by atomic mass is 9.32. The van der Waals surface area contributed by atoms with Crippen molar-refractivity contribution in [1.29, 1.82) is 0 Å². The molecular weight excluding hydrogens is 796 g/mol. The Morgan fingerprint density at radius 3 is 2.18 bits per heavy atom. The Hall–Kier alpha value is -1.80. The van der Waals surface area contributed by atoms with E-state index in [1.807, 2.05) is 6.92 Å². The van der Waals surface area contributed by atoms with Crippen molar-refractivity contribution in [3.63, 3.8) is 0 Å². The highest BCUT2D eigenvalue weighted by Crippen LogP contribution is 2.79. The lowest BCUT2D eigenvalue weighted by Crippen LogP contribution is -2.72. The van der Waals surface area contributed by atoms with Crippen molar-refractivity contribution in [2.45, 2.75) is 185 Å². The van der Waals surface area contributed by atoms with Gasteiger partial charge in [0.15, 0.2) is 12.6 Å². The minimum atomic E-state index is -1.86. The Morgan fingerprint density at radius 1 is 0.787 bits per heavy atom. The molecule has 0 aromatic rings. The molecule has 16 heteroatoms. The number of rotatable bonds is 9. The zero-order chi connectivity index (χ0) is 44.5. The third kappa shape index (κ3) is 6.65. The average Bonchev–Trinajstić information content (AvgIpc) is 3.47. The maximum atomic E-state index is 12.2. The Balaban J connectivity index is 1.01. The average molecular weight is 867 g/mol. The van der Waals surface area contributed by atoms with Gasteiger partial charge in [-0.2, -0.15) is 0 Å². The summed E-state index contributed by atoms with van der Waals surface area (Å²) in [6.45, 7) is 15.1. The van der Waals surface area contributed by atoms with E-state index in [1.165, 1.54) is 0 Å². The van der Waals surface area contributed by atoms with Crippen molar-refractivity contribution in [3.8, 4) is 0 Å². The molecule has 8 rings (SSSR count). The molecule has 8 N–H and O–H groups in total. The van der Waals surface area contributed by atoms with Crippen LogP contribution in [-0.2, 0) is 38.0 Å². The van der Waals surface area contributed by atoms with Gasteiger partial charge in [-0.15, -0.1) is 0 Å². The molecule has 1 spiro atoms. The molecule has 0 amide bonds. The van der Waals surface area contributed by atoms with Crippen LogP contribution in [0.3, 0.4) is 0 Å². The van der Waals surface area contributed by atoms with Crippen LogP contribution < -0.4 is 0 Å². The van der Waals surface area contributed by atoms with Crippen molar-refractivity contribution >= 4 is 11.9 Å². The molecule has 21 atom stereocenters. The smallest absolute Gasteiger partial charge is 0.317 e. The Morgan fingerprint density at radius 2 is 1.49 bits per heavy atom. The van der Waals surface area contributed by atoms with Gasteiger partial charge in [0.1, 0.15) is 55.8 Å². The third-order valence-corrected chi connectivity index (χ3v) is 18.4. The van der Waals surface area contributed by atoms with Crippen LogP contribution in [0.4, 0.5) is 0 Å². The zero-order valence-electron chi connectivity index (χ0n) is 36.6. The first-order valence-corrected chi connectivity index (χ1v) is 22.5. The second-order valence-corrected chi connectivity index (χ2v) is 22.0. The fraction of sp³-hybridized carbons (Fsp3) is 0.911. The molecule has 2 bridgehead atoms. The van der Waals surface area contributed by atoms with E-state index >= 15 is 0 Å². The van der Waals surface area contributed by atoms with Crippen LogP contribution in [0, 0.1) is 50.2 Å². The van der Waals surface area contributed by atoms with E-state index in [-0.39, 0.29) is 51.4 Å². The lowest BCUT2D eigenvalue weighted by molar-refractivity contribution is -0.367. The fourth-order valence-corrected chi connectivity index (χ4v) is 14.6. The summed E-state index contributed by atoms with van der Waals surface area (Å²) < 4.78 is 36.3. The van der Waals surface area contributed by atoms with Crippen LogP contribution in [0.1, 0.15) is 106 Å². The van der Waals surface area contributed by atoms with Gasteiger partial charge >= 0.3 is 11.9 Å². The maximum absolute atomic E-state index is 12.2. The van der Waals surface area contributed by atoms with Crippen LogP contribution in [-0.4, -0.2) is 152 Å². The second kappa shape index (κ2) is 15.4. The molecule has 3 aliphatic heterocycles. The van der Waals surface area contributed by atoms with Gasteiger partial charge in [0.2, 0.25) is 0 Å². The summed E-state index contributed by atoms with van der Waals surface area (Å²) in [5, 5.41) is 87.3. The highest BCUT2D eigenvalue weighted by molar-refractivity contribution is 5.90. The van der Waals surface area contributed by atoms with Crippen molar-refractivity contribution in [1.82, 2.24) is 0 Å². The predicted octanol–water partition coefficient (Wildman–Crippen LogP) is 1.80. The Bertz CT molecular complexity index is 1730. The van der Waals surface area contributed by atoms with Crippen LogP contribution >= 0.6 is 0 Å². The first-order valence-electron chi connectivity index (χ1n) is 22.5. The van der Waals surface area contributed by atoms with E-state index in [4.69, 9.17) is 33.5 Å². The number of allylic oxidation sites excluding steroid dienone is 1. The SMILES string of the molecule is C[C@H]1O[C@@H](O[C@H]2CC[C@@]3(C)C(CC[C@]4(C)C3C=CC35OCC6(CCC(C)(C)C[C@H]63)[C@H](O)C[C@]54C)[C@]2(C)CO)[C@H](O)[C@@H](O[C@@H]2O[C@H](COC(=O)CC(=O)O)[C@@H](O)[C@H](O)[C@H]2O)[C@H]1O. The lowest BCUT2D eigenvalue weighted by Gasteiger charge is -2.73. The van der Waals surface area contributed by atoms with Gasteiger partial charge in [0.25, 0.3) is 0 Å². The minimum Gasteiger partial charge on any atom is -0.481 e. The van der Waals surface area contributed by atoms with Gasteiger partial charge in [-0.1, -0.05) is 53.7 Å². The van der Waals surface area contributed by atoms with Crippen LogP contribution in [0.15, 0.2) is 12.2 Å². The van der Waals surface area contributed by atoms with Gasteiger partial charge in [-0.05, 0) is 86.4 Å². The molecular formula is C45H70O16. The highest BCUT2D eigenvalue weighted by Gasteiger charge is 2.79. The number of esters is 1. The monoisotopic (exact) mass is 866 g/mol. The summed E-state index contributed by atoms with van der Waals surface area (Å²) >= 11 is 0. The predicted molar refractivity (Wildman–Crippen MR) is 213 cm³/mol. The van der Waals surface area contributed by atoms with E-state index in [0.29, 0.717) is 19.4 Å². The summed E-state index contributed by atoms with van der Waals surface area (Å²) in [4.78, 5) is 22.7. The highest BCUT2D eigenvalue weighted by atomic mass is 16.7. The van der Waals surface area contributed by atoms with Gasteiger partial charge < -0.3 is 69.3 Å². The topological polar surface area (TPSA) is 251 Å². The molecule has 0 aromatic heterocycles. The van der Waals surface area contributed by atoms with Gasteiger partial charge in [0, 0.05) is 22.2 Å². The Kier molecular flexibility index (Phi) is 11.6. The number of carbonyl (C=O) groups is 2. The van der Waals surface area contributed by atoms with E-state index in [9.17, 15) is 45.3 Å². The standard InChI is InChI=1S/C45H70O16/c1-22-31(51)36(61-37-34(54)33(53)32(52)23(59-37)19-56-30(50)16-29(48)49)35(55)38(58-22)60-28-10-11-40(4)24(41(28,5)20-46)8-12-42(6)25(40)9-13-45-26-17-39(2,3)14-15-44(26,21-57-45)27(47)18-43(42,45)7/h9,13,22-28,31-38,46-47,51-55H,8,10-12,14-21H2,1-7H3,(H,48,49)/t22-,23-,24?,25?,26-,27-,28+,31+,32-,33+,34-,35-,36+,37+,38+,40+,41+,42-,43+,44?,45?/m1/s1. The number of carboxylic acids is 1. The van der Waals surface area contributed by atoms with E-state index in [0.717, 1.165) is 38.5 Å². The van der Waals surface area contributed by atoms with Crippen molar-refractivity contribution < 1.29 is 78.9 Å². The molecule has 3 saturated heterocycles. The quantitative estimate of drug-likeness (QED) is 0.0712. The number of aliphatic carboxylic acids is 1. The number of carboxylic acid groups (broad SMARTS) is 1. The molecule has 3 heterocycles. The normalized spacial score (nSPS) is 54.8. The summed E-state index contributed by atoms with van der Waals surface area (Å²) in [7, 11) is 0. The number of ether oxygens (including phenoxy) is 6. The first-order chi connectivity index (χ1) is 28.4. The van der Waals surface area contributed by atoms with Crippen molar-refractivity contribution in [3.05, 3.63) is 12.2 Å². The summed E-state index contributed by atoms with van der Waals surface area (Å²) in [5.41, 5.74) is -2.16. The molecule has 5 aliphatic carbocycles. The fourth-order valence-electron chi connectivity index (χ4n) is 14.6. The summed E-state index contributed by atoms with van der Waals surface area (Å²) in [5.74, 6) is -2.21. The van der Waals surface area contributed by atoms with Crippen LogP contribution in [0.25, 0.3) is 0 Å². The van der Waals surface area contributed by atoms with Crippen LogP contribution in [0.5, 0.6) is 0 Å². The first kappa shape index (κ1) is 45.8. The third-order valence-electron chi connectivity index (χ3n) is 18.4. The molecule has 16 nitrogen and oxygen atoms in total. The van der Waals surface area contributed by atoms with Crippen LogP contribution in [0.2, 0.25) is 0 Å².